The SMILES string of the molecule is C=CCC(=O)N1CCN(c2ncccn2)CC1. The molecule has 1 aromatic heterocycles. The third-order valence-electron chi connectivity index (χ3n) is 2.79. The molecule has 0 spiro atoms. The Morgan fingerprint density at radius 2 is 1.94 bits per heavy atom. The maximum absolute atomic E-state index is 11.6. The van der Waals surface area contributed by atoms with Gasteiger partial charge in [-0.1, -0.05) is 6.08 Å². The zero-order chi connectivity index (χ0) is 12.1. The summed E-state index contributed by atoms with van der Waals surface area (Å²) in [5.41, 5.74) is 0. The molecule has 1 amide bonds. The number of amides is 1. The summed E-state index contributed by atoms with van der Waals surface area (Å²) in [6.45, 7) is 6.60. The fourth-order valence-corrected chi connectivity index (χ4v) is 1.86. The van der Waals surface area contributed by atoms with Crippen LogP contribution in [-0.4, -0.2) is 47.0 Å². The Kier molecular flexibility index (Phi) is 3.69. The Hall–Kier alpha value is -1.91. The lowest BCUT2D eigenvalue weighted by Crippen LogP contribution is -2.49. The molecule has 0 radical (unpaired) electrons. The molecule has 0 bridgehead atoms. The van der Waals surface area contributed by atoms with Gasteiger partial charge in [0.15, 0.2) is 0 Å². The van der Waals surface area contributed by atoms with Gasteiger partial charge in [0.1, 0.15) is 0 Å². The third-order valence-corrected chi connectivity index (χ3v) is 2.79. The van der Waals surface area contributed by atoms with Crippen LogP contribution in [0.15, 0.2) is 31.1 Å². The van der Waals surface area contributed by atoms with Crippen LogP contribution < -0.4 is 4.90 Å². The first-order valence-corrected chi connectivity index (χ1v) is 5.72. The zero-order valence-electron chi connectivity index (χ0n) is 9.75. The monoisotopic (exact) mass is 232 g/mol. The number of anilines is 1. The fourth-order valence-electron chi connectivity index (χ4n) is 1.86. The quantitative estimate of drug-likeness (QED) is 0.720. The van der Waals surface area contributed by atoms with Crippen molar-refractivity contribution in [2.75, 3.05) is 31.1 Å². The molecule has 1 aromatic rings. The molecule has 2 rings (SSSR count). The maximum atomic E-state index is 11.6. The van der Waals surface area contributed by atoms with E-state index in [2.05, 4.69) is 21.4 Å². The van der Waals surface area contributed by atoms with Crippen molar-refractivity contribution < 1.29 is 4.79 Å². The van der Waals surface area contributed by atoms with E-state index in [0.717, 1.165) is 32.1 Å². The standard InChI is InChI=1S/C12H16N4O/c1-2-4-11(17)15-7-9-16(10-8-15)12-13-5-3-6-14-12/h2-3,5-6H,1,4,7-10H2. The molecule has 1 saturated heterocycles. The molecule has 5 heteroatoms. The van der Waals surface area contributed by atoms with Gasteiger partial charge in [-0.15, -0.1) is 6.58 Å². The predicted octanol–water partition coefficient (Wildman–Crippen LogP) is 0.701. The molecule has 0 saturated carbocycles. The highest BCUT2D eigenvalue weighted by Gasteiger charge is 2.21. The second kappa shape index (κ2) is 5.43. The molecular weight excluding hydrogens is 216 g/mol. The van der Waals surface area contributed by atoms with Crippen molar-refractivity contribution in [2.45, 2.75) is 6.42 Å². The molecule has 2 heterocycles. The van der Waals surface area contributed by atoms with Crippen molar-refractivity contribution >= 4 is 11.9 Å². The molecule has 90 valence electrons. The highest BCUT2D eigenvalue weighted by Crippen LogP contribution is 2.10. The molecular formula is C12H16N4O. The van der Waals surface area contributed by atoms with E-state index in [4.69, 9.17) is 0 Å². The number of hydrogen-bond acceptors (Lipinski definition) is 4. The molecule has 5 nitrogen and oxygen atoms in total. The maximum Gasteiger partial charge on any atom is 0.226 e. The molecule has 0 aromatic carbocycles. The van der Waals surface area contributed by atoms with E-state index in [9.17, 15) is 4.79 Å². The van der Waals surface area contributed by atoms with E-state index in [1.807, 2.05) is 4.90 Å². The van der Waals surface area contributed by atoms with Gasteiger partial charge in [-0.2, -0.15) is 0 Å². The van der Waals surface area contributed by atoms with Crippen molar-refractivity contribution in [2.24, 2.45) is 0 Å². The summed E-state index contributed by atoms with van der Waals surface area (Å²) in [5.74, 6) is 0.886. The van der Waals surface area contributed by atoms with Crippen LogP contribution in [0, 0.1) is 0 Å². The zero-order valence-corrected chi connectivity index (χ0v) is 9.75. The minimum Gasteiger partial charge on any atom is -0.339 e. The van der Waals surface area contributed by atoms with Crippen molar-refractivity contribution in [3.05, 3.63) is 31.1 Å². The van der Waals surface area contributed by atoms with Gasteiger partial charge in [0, 0.05) is 45.0 Å². The average Bonchev–Trinajstić information content (AvgIpc) is 2.40. The molecule has 1 fully saturated rings. The number of hydrogen-bond donors (Lipinski definition) is 0. The third kappa shape index (κ3) is 2.81. The van der Waals surface area contributed by atoms with Gasteiger partial charge >= 0.3 is 0 Å². The summed E-state index contributed by atoms with van der Waals surface area (Å²) in [6.07, 6.45) is 5.53. The molecule has 0 N–H and O–H groups in total. The van der Waals surface area contributed by atoms with Crippen LogP contribution in [0.3, 0.4) is 0 Å². The van der Waals surface area contributed by atoms with Gasteiger partial charge in [-0.05, 0) is 6.07 Å². The number of aromatic nitrogens is 2. The van der Waals surface area contributed by atoms with Crippen LogP contribution in [0.1, 0.15) is 6.42 Å². The number of carbonyl (C=O) groups excluding carboxylic acids is 1. The number of piperazine rings is 1. The Morgan fingerprint density at radius 3 is 2.53 bits per heavy atom. The number of carbonyl (C=O) groups is 1. The van der Waals surface area contributed by atoms with Gasteiger partial charge in [0.25, 0.3) is 0 Å². The summed E-state index contributed by atoms with van der Waals surface area (Å²) < 4.78 is 0. The van der Waals surface area contributed by atoms with Crippen molar-refractivity contribution in [3.8, 4) is 0 Å². The van der Waals surface area contributed by atoms with Crippen LogP contribution in [0.4, 0.5) is 5.95 Å². The lowest BCUT2D eigenvalue weighted by atomic mass is 10.3. The van der Waals surface area contributed by atoms with Crippen LogP contribution in [0.5, 0.6) is 0 Å². The van der Waals surface area contributed by atoms with Crippen molar-refractivity contribution in [1.29, 1.82) is 0 Å². The van der Waals surface area contributed by atoms with E-state index in [1.54, 1.807) is 24.5 Å². The minimum atomic E-state index is 0.147. The van der Waals surface area contributed by atoms with Crippen LogP contribution in [0.25, 0.3) is 0 Å². The second-order valence-corrected chi connectivity index (χ2v) is 3.91. The summed E-state index contributed by atoms with van der Waals surface area (Å²) in [5, 5.41) is 0. The van der Waals surface area contributed by atoms with Gasteiger partial charge < -0.3 is 9.80 Å². The van der Waals surface area contributed by atoms with Crippen LogP contribution >= 0.6 is 0 Å². The first kappa shape index (κ1) is 11.6. The summed E-state index contributed by atoms with van der Waals surface area (Å²) in [7, 11) is 0. The Balaban J connectivity index is 1.90. The van der Waals surface area contributed by atoms with E-state index in [0.29, 0.717) is 6.42 Å². The lowest BCUT2D eigenvalue weighted by molar-refractivity contribution is -0.130. The van der Waals surface area contributed by atoms with Gasteiger partial charge in [0.05, 0.1) is 0 Å². The number of rotatable bonds is 3. The van der Waals surface area contributed by atoms with Crippen LogP contribution in [-0.2, 0) is 4.79 Å². The fraction of sp³-hybridized carbons (Fsp3) is 0.417. The van der Waals surface area contributed by atoms with Gasteiger partial charge in [-0.3, -0.25) is 4.79 Å². The molecule has 0 atom stereocenters. The Labute approximate surface area is 101 Å². The van der Waals surface area contributed by atoms with E-state index in [-0.39, 0.29) is 5.91 Å². The first-order chi connectivity index (χ1) is 8.31. The lowest BCUT2D eigenvalue weighted by Gasteiger charge is -2.34. The molecule has 1 aliphatic heterocycles. The highest BCUT2D eigenvalue weighted by molar-refractivity contribution is 5.77. The largest absolute Gasteiger partial charge is 0.339 e. The van der Waals surface area contributed by atoms with Crippen molar-refractivity contribution in [3.63, 3.8) is 0 Å². The minimum absolute atomic E-state index is 0.147. The summed E-state index contributed by atoms with van der Waals surface area (Å²) in [4.78, 5) is 24.0. The molecule has 1 aliphatic rings. The Morgan fingerprint density at radius 1 is 1.29 bits per heavy atom. The summed E-state index contributed by atoms with van der Waals surface area (Å²) >= 11 is 0. The van der Waals surface area contributed by atoms with Crippen LogP contribution in [0.2, 0.25) is 0 Å². The summed E-state index contributed by atoms with van der Waals surface area (Å²) in [6, 6.07) is 1.80. The molecule has 0 aliphatic carbocycles. The highest BCUT2D eigenvalue weighted by atomic mass is 16.2. The Bertz CT molecular complexity index is 385. The van der Waals surface area contributed by atoms with E-state index < -0.39 is 0 Å². The first-order valence-electron chi connectivity index (χ1n) is 5.72. The second-order valence-electron chi connectivity index (χ2n) is 3.91. The normalized spacial score (nSPS) is 15.8. The van der Waals surface area contributed by atoms with Gasteiger partial charge in [0.2, 0.25) is 11.9 Å². The topological polar surface area (TPSA) is 49.3 Å². The van der Waals surface area contributed by atoms with E-state index >= 15 is 0 Å². The smallest absolute Gasteiger partial charge is 0.226 e. The van der Waals surface area contributed by atoms with Gasteiger partial charge in [-0.25, -0.2) is 9.97 Å². The van der Waals surface area contributed by atoms with Crippen molar-refractivity contribution in [1.82, 2.24) is 14.9 Å². The van der Waals surface area contributed by atoms with E-state index in [1.165, 1.54) is 0 Å². The average molecular weight is 232 g/mol. The number of nitrogens with zero attached hydrogens (tertiary/aromatic N) is 4. The molecule has 17 heavy (non-hydrogen) atoms. The molecule has 0 unspecified atom stereocenters. The predicted molar refractivity (Wildman–Crippen MR) is 65.6 cm³/mol.